The molecule has 0 fully saturated rings. The number of aryl methyl sites for hydroxylation is 5. The third-order valence-electron chi connectivity index (χ3n) is 5.99. The zero-order valence-corrected chi connectivity index (χ0v) is 21.0. The molecular weight excluding hydrogens is 440 g/mol. The lowest BCUT2D eigenvalue weighted by atomic mass is 10.0. The maximum Gasteiger partial charge on any atom is 0.225 e. The summed E-state index contributed by atoms with van der Waals surface area (Å²) in [6, 6.07) is 13.4. The van der Waals surface area contributed by atoms with Crippen molar-refractivity contribution < 1.29 is 14.3 Å². The van der Waals surface area contributed by atoms with Gasteiger partial charge in [0.05, 0.1) is 23.9 Å². The number of amides is 1. The Morgan fingerprint density at radius 3 is 2.43 bits per heavy atom. The van der Waals surface area contributed by atoms with Crippen LogP contribution in [0.2, 0.25) is 0 Å². The van der Waals surface area contributed by atoms with E-state index in [1.807, 2.05) is 39.8 Å². The highest BCUT2D eigenvalue weighted by molar-refractivity contribution is 6.01. The van der Waals surface area contributed by atoms with Gasteiger partial charge in [-0.05, 0) is 70.0 Å². The first kappa shape index (κ1) is 24.1. The van der Waals surface area contributed by atoms with Crippen molar-refractivity contribution in [2.24, 2.45) is 0 Å². The van der Waals surface area contributed by atoms with Crippen LogP contribution >= 0.6 is 0 Å². The second kappa shape index (κ2) is 9.70. The SMILES string of the molecule is COc1ccc(C)cc1C(=O)CCC(=O)Nc1cc(C)nn1-c1cc(C)c2cc(C)cc(C)c2n1. The first-order valence-corrected chi connectivity index (χ1v) is 11.6. The van der Waals surface area contributed by atoms with E-state index in [9.17, 15) is 9.59 Å². The Morgan fingerprint density at radius 2 is 1.69 bits per heavy atom. The summed E-state index contributed by atoms with van der Waals surface area (Å²) < 4.78 is 6.95. The molecule has 0 aliphatic heterocycles. The second-order valence-electron chi connectivity index (χ2n) is 9.03. The highest BCUT2D eigenvalue weighted by atomic mass is 16.5. The molecule has 2 aromatic carbocycles. The number of anilines is 1. The van der Waals surface area contributed by atoms with Crippen molar-refractivity contribution in [1.29, 1.82) is 0 Å². The minimum absolute atomic E-state index is 0.0444. The number of hydrogen-bond donors (Lipinski definition) is 1. The summed E-state index contributed by atoms with van der Waals surface area (Å²) in [6.07, 6.45) is 0.118. The molecule has 0 aliphatic rings. The first-order valence-electron chi connectivity index (χ1n) is 11.6. The number of hydrogen-bond acceptors (Lipinski definition) is 5. The van der Waals surface area contributed by atoms with E-state index in [0.717, 1.165) is 33.3 Å². The molecule has 0 radical (unpaired) electrons. The van der Waals surface area contributed by atoms with Crippen LogP contribution in [0.5, 0.6) is 5.75 Å². The number of methoxy groups -OCH3 is 1. The van der Waals surface area contributed by atoms with E-state index in [4.69, 9.17) is 9.72 Å². The molecule has 0 spiro atoms. The van der Waals surface area contributed by atoms with E-state index in [1.165, 1.54) is 12.7 Å². The van der Waals surface area contributed by atoms with Crippen molar-refractivity contribution in [2.45, 2.75) is 47.5 Å². The van der Waals surface area contributed by atoms with Crippen LogP contribution in [0.25, 0.3) is 16.7 Å². The summed E-state index contributed by atoms with van der Waals surface area (Å²) >= 11 is 0. The summed E-state index contributed by atoms with van der Waals surface area (Å²) in [5.74, 6) is 1.26. The molecule has 0 saturated heterocycles. The van der Waals surface area contributed by atoms with E-state index < -0.39 is 0 Å². The topological polar surface area (TPSA) is 86.1 Å². The van der Waals surface area contributed by atoms with Gasteiger partial charge in [-0.2, -0.15) is 9.78 Å². The molecule has 2 aromatic heterocycles. The van der Waals surface area contributed by atoms with Gasteiger partial charge < -0.3 is 10.1 Å². The van der Waals surface area contributed by atoms with Crippen molar-refractivity contribution in [1.82, 2.24) is 14.8 Å². The lowest BCUT2D eigenvalue weighted by molar-refractivity contribution is -0.116. The maximum atomic E-state index is 12.8. The molecule has 4 rings (SSSR count). The molecule has 4 aromatic rings. The van der Waals surface area contributed by atoms with E-state index in [-0.39, 0.29) is 24.5 Å². The number of carbonyl (C=O) groups excluding carboxylic acids is 2. The number of nitrogens with zero attached hydrogens (tertiary/aromatic N) is 3. The van der Waals surface area contributed by atoms with Crippen molar-refractivity contribution in [3.63, 3.8) is 0 Å². The number of ether oxygens (including phenoxy) is 1. The van der Waals surface area contributed by atoms with Gasteiger partial charge in [0.1, 0.15) is 11.6 Å². The van der Waals surface area contributed by atoms with Crippen LogP contribution in [-0.2, 0) is 4.79 Å². The molecule has 1 N–H and O–H groups in total. The van der Waals surface area contributed by atoms with Gasteiger partial charge in [0.2, 0.25) is 5.91 Å². The minimum Gasteiger partial charge on any atom is -0.496 e. The van der Waals surface area contributed by atoms with Gasteiger partial charge in [-0.15, -0.1) is 0 Å². The Hall–Kier alpha value is -4.00. The average Bonchev–Trinajstić information content (AvgIpc) is 3.17. The first-order chi connectivity index (χ1) is 16.7. The van der Waals surface area contributed by atoms with Gasteiger partial charge >= 0.3 is 0 Å². The summed E-state index contributed by atoms with van der Waals surface area (Å²) in [7, 11) is 1.53. The molecule has 35 heavy (non-hydrogen) atoms. The normalized spacial score (nSPS) is 11.0. The molecular formula is C28H30N4O3. The molecule has 2 heterocycles. The van der Waals surface area contributed by atoms with Gasteiger partial charge in [-0.25, -0.2) is 4.98 Å². The standard InChI is InChI=1S/C28H30N4O3/c1-16-7-9-24(35-6)22(12-16)23(33)8-10-27(34)29-26-15-20(5)31-32(26)25-14-18(3)21-13-17(2)11-19(4)28(21)30-25/h7,9,11-15H,8,10H2,1-6H3,(H,29,34). The Morgan fingerprint density at radius 1 is 0.914 bits per heavy atom. The fourth-order valence-electron chi connectivity index (χ4n) is 4.31. The predicted octanol–water partition coefficient (Wildman–Crippen LogP) is 5.57. The third-order valence-corrected chi connectivity index (χ3v) is 5.99. The van der Waals surface area contributed by atoms with Gasteiger partial charge in [-0.3, -0.25) is 9.59 Å². The van der Waals surface area contributed by atoms with Crippen molar-refractivity contribution >= 4 is 28.4 Å². The number of carbonyl (C=O) groups is 2. The van der Waals surface area contributed by atoms with Gasteiger partial charge in [-0.1, -0.05) is 23.3 Å². The molecule has 0 atom stereocenters. The summed E-state index contributed by atoms with van der Waals surface area (Å²) in [6.45, 7) is 9.94. The fourth-order valence-corrected chi connectivity index (χ4v) is 4.31. The van der Waals surface area contributed by atoms with E-state index >= 15 is 0 Å². The zero-order valence-electron chi connectivity index (χ0n) is 21.0. The number of Topliss-reactive ketones (excluding diaryl/α,β-unsaturated/α-hetero) is 1. The molecule has 0 aliphatic carbocycles. The number of aromatic nitrogens is 3. The van der Waals surface area contributed by atoms with Crippen LogP contribution in [0.4, 0.5) is 5.82 Å². The van der Waals surface area contributed by atoms with E-state index in [0.29, 0.717) is 22.9 Å². The number of pyridine rings is 1. The van der Waals surface area contributed by atoms with Crippen LogP contribution < -0.4 is 10.1 Å². The Kier molecular flexibility index (Phi) is 6.69. The number of nitrogens with one attached hydrogen (secondary N) is 1. The number of fused-ring (bicyclic) bond motifs is 1. The van der Waals surface area contributed by atoms with Crippen LogP contribution in [0, 0.1) is 34.6 Å². The molecule has 180 valence electrons. The van der Waals surface area contributed by atoms with Crippen molar-refractivity contribution in [2.75, 3.05) is 12.4 Å². The van der Waals surface area contributed by atoms with Gasteiger partial charge in [0, 0.05) is 24.3 Å². The van der Waals surface area contributed by atoms with Crippen LogP contribution in [0.3, 0.4) is 0 Å². The van der Waals surface area contributed by atoms with Crippen LogP contribution in [0.1, 0.15) is 51.1 Å². The Balaban J connectivity index is 1.55. The number of rotatable bonds is 7. The molecule has 7 nitrogen and oxygen atoms in total. The molecule has 0 bridgehead atoms. The highest BCUT2D eigenvalue weighted by Gasteiger charge is 2.17. The smallest absolute Gasteiger partial charge is 0.225 e. The van der Waals surface area contributed by atoms with Crippen LogP contribution in [-0.4, -0.2) is 33.6 Å². The van der Waals surface area contributed by atoms with E-state index in [1.54, 1.807) is 22.9 Å². The summed E-state index contributed by atoms with van der Waals surface area (Å²) in [5, 5.41) is 8.57. The quantitative estimate of drug-likeness (QED) is 0.357. The number of benzene rings is 2. The lowest BCUT2D eigenvalue weighted by Crippen LogP contribution is -2.17. The zero-order chi connectivity index (χ0) is 25.3. The molecule has 0 unspecified atom stereocenters. The summed E-state index contributed by atoms with van der Waals surface area (Å²) in [4.78, 5) is 30.4. The van der Waals surface area contributed by atoms with Crippen molar-refractivity contribution in [3.8, 4) is 11.6 Å². The molecule has 0 saturated carbocycles. The van der Waals surface area contributed by atoms with Crippen LogP contribution in [0.15, 0.2) is 42.5 Å². The fraction of sp³-hybridized carbons (Fsp3) is 0.286. The molecule has 7 heteroatoms. The number of ketones is 1. The largest absolute Gasteiger partial charge is 0.496 e. The summed E-state index contributed by atoms with van der Waals surface area (Å²) in [5.41, 5.74) is 6.47. The van der Waals surface area contributed by atoms with Crippen molar-refractivity contribution in [3.05, 3.63) is 76.0 Å². The Labute approximate surface area is 205 Å². The van der Waals surface area contributed by atoms with Gasteiger partial charge in [0.25, 0.3) is 0 Å². The monoisotopic (exact) mass is 470 g/mol. The highest BCUT2D eigenvalue weighted by Crippen LogP contribution is 2.26. The minimum atomic E-state index is -0.268. The lowest BCUT2D eigenvalue weighted by Gasteiger charge is -2.12. The third kappa shape index (κ3) is 5.09. The van der Waals surface area contributed by atoms with E-state index in [2.05, 4.69) is 29.5 Å². The van der Waals surface area contributed by atoms with Gasteiger partial charge in [0.15, 0.2) is 11.6 Å². The predicted molar refractivity (Wildman–Crippen MR) is 138 cm³/mol. The molecule has 1 amide bonds. The maximum absolute atomic E-state index is 12.8. The Bertz CT molecular complexity index is 1450. The average molecular weight is 471 g/mol. The second-order valence-corrected chi connectivity index (χ2v) is 9.03.